The summed E-state index contributed by atoms with van der Waals surface area (Å²) >= 11 is 0. The zero-order valence-corrected chi connectivity index (χ0v) is 9.79. The molecule has 3 nitrogen and oxygen atoms in total. The second-order valence-corrected chi connectivity index (χ2v) is 4.39. The van der Waals surface area contributed by atoms with Crippen LogP contribution in [0.5, 0.6) is 0 Å². The van der Waals surface area contributed by atoms with Gasteiger partial charge in [-0.2, -0.15) is 0 Å². The molecule has 0 aliphatic carbocycles. The average molecular weight is 216 g/mol. The standard InChI is InChI=1S/C13H16N2O/c1-8(2)11-12(15-13(16)14-11)10-6-4-5-9(3)7-10/h4-8H,1-3H3,(H2,14,15,16). The van der Waals surface area contributed by atoms with Crippen LogP contribution in [0.15, 0.2) is 29.1 Å². The van der Waals surface area contributed by atoms with Crippen LogP contribution in [0, 0.1) is 6.92 Å². The molecule has 0 saturated carbocycles. The van der Waals surface area contributed by atoms with Crippen LogP contribution >= 0.6 is 0 Å². The summed E-state index contributed by atoms with van der Waals surface area (Å²) in [7, 11) is 0. The zero-order valence-electron chi connectivity index (χ0n) is 9.79. The third-order valence-electron chi connectivity index (χ3n) is 2.64. The van der Waals surface area contributed by atoms with Gasteiger partial charge in [-0.15, -0.1) is 0 Å². The van der Waals surface area contributed by atoms with E-state index in [4.69, 9.17) is 0 Å². The lowest BCUT2D eigenvalue weighted by molar-refractivity contribution is 0.831. The molecule has 0 fully saturated rings. The monoisotopic (exact) mass is 216 g/mol. The quantitative estimate of drug-likeness (QED) is 0.796. The molecule has 2 aromatic rings. The molecule has 2 rings (SSSR count). The van der Waals surface area contributed by atoms with Gasteiger partial charge in [0.25, 0.3) is 0 Å². The molecule has 0 aliphatic heterocycles. The number of nitrogens with one attached hydrogen (secondary N) is 2. The van der Waals surface area contributed by atoms with Gasteiger partial charge in [-0.1, -0.05) is 37.6 Å². The minimum atomic E-state index is -0.139. The predicted molar refractivity (Wildman–Crippen MR) is 65.7 cm³/mol. The molecule has 16 heavy (non-hydrogen) atoms. The SMILES string of the molecule is Cc1cccc(-c2[nH]c(=O)[nH]c2C(C)C)c1. The Labute approximate surface area is 94.5 Å². The molecule has 0 unspecified atom stereocenters. The van der Waals surface area contributed by atoms with Gasteiger partial charge in [0.05, 0.1) is 5.69 Å². The molecule has 0 atom stereocenters. The van der Waals surface area contributed by atoms with Crippen LogP contribution in [-0.4, -0.2) is 9.97 Å². The minimum absolute atomic E-state index is 0.139. The predicted octanol–water partition coefficient (Wildman–Crippen LogP) is 2.80. The first-order valence-electron chi connectivity index (χ1n) is 5.47. The summed E-state index contributed by atoms with van der Waals surface area (Å²) < 4.78 is 0. The fourth-order valence-electron chi connectivity index (χ4n) is 1.86. The van der Waals surface area contributed by atoms with Crippen LogP contribution in [0.3, 0.4) is 0 Å². The van der Waals surface area contributed by atoms with Crippen molar-refractivity contribution in [1.29, 1.82) is 0 Å². The fraction of sp³-hybridized carbons (Fsp3) is 0.308. The van der Waals surface area contributed by atoms with E-state index in [-0.39, 0.29) is 5.69 Å². The molecule has 0 saturated heterocycles. The van der Waals surface area contributed by atoms with Crippen LogP contribution in [0.1, 0.15) is 31.0 Å². The molecule has 3 heteroatoms. The number of benzene rings is 1. The van der Waals surface area contributed by atoms with E-state index in [2.05, 4.69) is 29.9 Å². The molecule has 1 aromatic heterocycles. The van der Waals surface area contributed by atoms with Crippen LogP contribution in [0.25, 0.3) is 11.3 Å². The second-order valence-electron chi connectivity index (χ2n) is 4.39. The number of imidazole rings is 1. The van der Waals surface area contributed by atoms with E-state index >= 15 is 0 Å². The van der Waals surface area contributed by atoms with E-state index in [1.54, 1.807) is 0 Å². The molecular weight excluding hydrogens is 200 g/mol. The molecule has 0 radical (unpaired) electrons. The van der Waals surface area contributed by atoms with Crippen molar-refractivity contribution in [2.24, 2.45) is 0 Å². The van der Waals surface area contributed by atoms with Crippen LogP contribution in [0.2, 0.25) is 0 Å². The van der Waals surface area contributed by atoms with E-state index in [0.29, 0.717) is 5.92 Å². The Morgan fingerprint density at radius 3 is 2.56 bits per heavy atom. The molecule has 0 spiro atoms. The first kappa shape index (κ1) is 10.7. The van der Waals surface area contributed by atoms with Crippen molar-refractivity contribution in [1.82, 2.24) is 9.97 Å². The van der Waals surface area contributed by atoms with Gasteiger partial charge in [0, 0.05) is 11.3 Å². The van der Waals surface area contributed by atoms with Crippen LogP contribution in [-0.2, 0) is 0 Å². The van der Waals surface area contributed by atoms with Crippen molar-refractivity contribution < 1.29 is 0 Å². The fourth-order valence-corrected chi connectivity index (χ4v) is 1.86. The number of aryl methyl sites for hydroxylation is 1. The van der Waals surface area contributed by atoms with Crippen LogP contribution in [0.4, 0.5) is 0 Å². The highest BCUT2D eigenvalue weighted by molar-refractivity contribution is 5.63. The van der Waals surface area contributed by atoms with Gasteiger partial charge in [-0.25, -0.2) is 4.79 Å². The molecule has 0 aliphatic rings. The first-order chi connectivity index (χ1) is 7.58. The number of aromatic nitrogens is 2. The van der Waals surface area contributed by atoms with Gasteiger partial charge in [-0.05, 0) is 18.9 Å². The third kappa shape index (κ3) is 1.94. The van der Waals surface area contributed by atoms with E-state index in [1.165, 1.54) is 5.56 Å². The van der Waals surface area contributed by atoms with Gasteiger partial charge in [-0.3, -0.25) is 0 Å². The zero-order chi connectivity index (χ0) is 11.7. The minimum Gasteiger partial charge on any atom is -0.309 e. The summed E-state index contributed by atoms with van der Waals surface area (Å²) in [6, 6.07) is 8.13. The second kappa shape index (κ2) is 4.00. The highest BCUT2D eigenvalue weighted by Crippen LogP contribution is 2.25. The lowest BCUT2D eigenvalue weighted by atomic mass is 10.0. The summed E-state index contributed by atoms with van der Waals surface area (Å²) in [5, 5.41) is 0. The van der Waals surface area contributed by atoms with Crippen molar-refractivity contribution in [2.45, 2.75) is 26.7 Å². The topological polar surface area (TPSA) is 48.6 Å². The van der Waals surface area contributed by atoms with Gasteiger partial charge < -0.3 is 9.97 Å². The molecule has 1 heterocycles. The Hall–Kier alpha value is -1.77. The normalized spacial score (nSPS) is 11.0. The number of aromatic amines is 2. The van der Waals surface area contributed by atoms with Crippen molar-refractivity contribution in [3.8, 4) is 11.3 Å². The first-order valence-corrected chi connectivity index (χ1v) is 5.47. The summed E-state index contributed by atoms with van der Waals surface area (Å²) in [6.45, 7) is 6.18. The Bertz CT molecular complexity index is 549. The maximum atomic E-state index is 11.4. The summed E-state index contributed by atoms with van der Waals surface area (Å²) in [6.07, 6.45) is 0. The Kier molecular flexibility index (Phi) is 2.69. The number of H-pyrrole nitrogens is 2. The van der Waals surface area contributed by atoms with Crippen molar-refractivity contribution in [3.05, 3.63) is 46.0 Å². The van der Waals surface area contributed by atoms with E-state index in [9.17, 15) is 4.79 Å². The lowest BCUT2D eigenvalue weighted by Crippen LogP contribution is -2.01. The maximum absolute atomic E-state index is 11.4. The van der Waals surface area contributed by atoms with Crippen molar-refractivity contribution in [2.75, 3.05) is 0 Å². The molecular formula is C13H16N2O. The number of hydrogen-bond acceptors (Lipinski definition) is 1. The van der Waals surface area contributed by atoms with E-state index in [1.807, 2.05) is 25.1 Å². The Balaban J connectivity index is 2.59. The van der Waals surface area contributed by atoms with Gasteiger partial charge in [0.2, 0.25) is 0 Å². The summed E-state index contributed by atoms with van der Waals surface area (Å²) in [5.74, 6) is 0.300. The molecule has 0 bridgehead atoms. The van der Waals surface area contributed by atoms with Gasteiger partial charge in [0.15, 0.2) is 0 Å². The lowest BCUT2D eigenvalue weighted by Gasteiger charge is -2.06. The highest BCUT2D eigenvalue weighted by Gasteiger charge is 2.12. The molecule has 2 N–H and O–H groups in total. The average Bonchev–Trinajstić information content (AvgIpc) is 2.60. The Morgan fingerprint density at radius 2 is 1.94 bits per heavy atom. The molecule has 0 amide bonds. The largest absolute Gasteiger partial charge is 0.323 e. The third-order valence-corrected chi connectivity index (χ3v) is 2.64. The number of hydrogen-bond donors (Lipinski definition) is 2. The van der Waals surface area contributed by atoms with Gasteiger partial charge >= 0.3 is 5.69 Å². The van der Waals surface area contributed by atoms with E-state index < -0.39 is 0 Å². The maximum Gasteiger partial charge on any atom is 0.323 e. The van der Waals surface area contributed by atoms with Crippen LogP contribution < -0.4 is 5.69 Å². The summed E-state index contributed by atoms with van der Waals surface area (Å²) in [5.41, 5.74) is 3.98. The molecule has 84 valence electrons. The highest BCUT2D eigenvalue weighted by atomic mass is 16.1. The van der Waals surface area contributed by atoms with E-state index in [0.717, 1.165) is 17.0 Å². The van der Waals surface area contributed by atoms with Gasteiger partial charge in [0.1, 0.15) is 0 Å². The Morgan fingerprint density at radius 1 is 1.19 bits per heavy atom. The van der Waals surface area contributed by atoms with Crippen molar-refractivity contribution in [3.63, 3.8) is 0 Å². The molecule has 1 aromatic carbocycles. The summed E-state index contributed by atoms with van der Waals surface area (Å²) in [4.78, 5) is 17.1. The smallest absolute Gasteiger partial charge is 0.309 e. The number of rotatable bonds is 2. The van der Waals surface area contributed by atoms with Crippen molar-refractivity contribution >= 4 is 0 Å².